The molecule has 1 aliphatic heterocycles. The van der Waals surface area contributed by atoms with Gasteiger partial charge in [0.25, 0.3) is 0 Å². The predicted octanol–water partition coefficient (Wildman–Crippen LogP) is 0.622. The maximum absolute atomic E-state index is 12.1. The van der Waals surface area contributed by atoms with Crippen LogP contribution < -0.4 is 15.5 Å². The summed E-state index contributed by atoms with van der Waals surface area (Å²) in [6.45, 7) is 2.30. The molecule has 1 fully saturated rings. The zero-order chi connectivity index (χ0) is 16.2. The van der Waals surface area contributed by atoms with Gasteiger partial charge in [-0.25, -0.2) is 4.79 Å². The Kier molecular flexibility index (Phi) is 4.50. The Morgan fingerprint density at radius 3 is 2.74 bits per heavy atom. The van der Waals surface area contributed by atoms with Crippen molar-refractivity contribution in [2.75, 3.05) is 18.0 Å². The number of nitrogens with one attached hydrogen (secondary N) is 2. The largest absolute Gasteiger partial charge is 0.367 e. The van der Waals surface area contributed by atoms with Crippen LogP contribution in [-0.4, -0.2) is 44.7 Å². The number of amides is 2. The summed E-state index contributed by atoms with van der Waals surface area (Å²) in [5, 5.41) is 14.2. The van der Waals surface area contributed by atoms with E-state index in [9.17, 15) is 4.79 Å². The molecule has 3 rings (SSSR count). The van der Waals surface area contributed by atoms with Crippen molar-refractivity contribution in [2.24, 2.45) is 14.1 Å². The van der Waals surface area contributed by atoms with Crippen molar-refractivity contribution >= 4 is 11.7 Å². The molecule has 0 radical (unpaired) electrons. The maximum atomic E-state index is 12.1. The minimum Gasteiger partial charge on any atom is -0.367 e. The minimum atomic E-state index is -0.133. The van der Waals surface area contributed by atoms with Crippen LogP contribution in [0.5, 0.6) is 0 Å². The lowest BCUT2D eigenvalue weighted by atomic mass is 10.1. The van der Waals surface area contributed by atoms with Crippen LogP contribution in [0.1, 0.15) is 18.4 Å². The van der Waals surface area contributed by atoms with E-state index >= 15 is 0 Å². The first-order valence-electron chi connectivity index (χ1n) is 7.85. The van der Waals surface area contributed by atoms with Crippen LogP contribution in [-0.2, 0) is 20.6 Å². The van der Waals surface area contributed by atoms with E-state index in [1.54, 1.807) is 15.6 Å². The molecular weight excluding hydrogens is 294 g/mol. The Hall–Kier alpha value is -2.51. The molecule has 2 aromatic heterocycles. The number of urea groups is 1. The predicted molar refractivity (Wildman–Crippen MR) is 87.0 cm³/mol. The van der Waals surface area contributed by atoms with Crippen molar-refractivity contribution in [2.45, 2.75) is 25.4 Å². The van der Waals surface area contributed by atoms with E-state index in [1.807, 2.05) is 32.7 Å². The molecule has 23 heavy (non-hydrogen) atoms. The average molecular weight is 317 g/mol. The summed E-state index contributed by atoms with van der Waals surface area (Å²) < 4.78 is 3.52. The molecule has 8 nitrogen and oxygen atoms in total. The van der Waals surface area contributed by atoms with E-state index in [1.165, 1.54) is 0 Å². The molecule has 2 N–H and O–H groups in total. The molecule has 2 amide bonds. The number of rotatable bonds is 4. The van der Waals surface area contributed by atoms with Crippen LogP contribution >= 0.6 is 0 Å². The molecular formula is C15H23N7O. The summed E-state index contributed by atoms with van der Waals surface area (Å²) >= 11 is 0. The SMILES string of the molecule is Cn1cc(CNC(=O)N[C@@H]2CCCN(c3cnn(C)c3)C2)cn1. The Labute approximate surface area is 135 Å². The van der Waals surface area contributed by atoms with Gasteiger partial charge < -0.3 is 15.5 Å². The summed E-state index contributed by atoms with van der Waals surface area (Å²) in [5.41, 5.74) is 2.10. The lowest BCUT2D eigenvalue weighted by Crippen LogP contribution is -2.50. The molecule has 0 bridgehead atoms. The Morgan fingerprint density at radius 2 is 2.04 bits per heavy atom. The molecule has 1 atom stereocenters. The second-order valence-corrected chi connectivity index (χ2v) is 6.01. The third kappa shape index (κ3) is 4.02. The van der Waals surface area contributed by atoms with Crippen LogP contribution in [0.25, 0.3) is 0 Å². The number of aromatic nitrogens is 4. The van der Waals surface area contributed by atoms with Crippen LogP contribution in [0.3, 0.4) is 0 Å². The third-order valence-corrected chi connectivity index (χ3v) is 4.02. The summed E-state index contributed by atoms with van der Waals surface area (Å²) in [7, 11) is 3.77. The molecule has 0 aliphatic carbocycles. The van der Waals surface area contributed by atoms with Gasteiger partial charge in [-0.1, -0.05) is 0 Å². The van der Waals surface area contributed by atoms with Crippen molar-refractivity contribution < 1.29 is 4.79 Å². The van der Waals surface area contributed by atoms with Crippen LogP contribution in [0.2, 0.25) is 0 Å². The van der Waals surface area contributed by atoms with Gasteiger partial charge in [0.1, 0.15) is 0 Å². The molecule has 0 unspecified atom stereocenters. The van der Waals surface area contributed by atoms with E-state index in [0.717, 1.165) is 37.2 Å². The van der Waals surface area contributed by atoms with Crippen molar-refractivity contribution in [3.63, 3.8) is 0 Å². The highest BCUT2D eigenvalue weighted by molar-refractivity contribution is 5.74. The third-order valence-electron chi connectivity index (χ3n) is 4.02. The lowest BCUT2D eigenvalue weighted by Gasteiger charge is -2.33. The highest BCUT2D eigenvalue weighted by atomic mass is 16.2. The second kappa shape index (κ2) is 6.72. The molecule has 8 heteroatoms. The lowest BCUT2D eigenvalue weighted by molar-refractivity contribution is 0.234. The molecule has 3 heterocycles. The Bertz CT molecular complexity index is 662. The van der Waals surface area contributed by atoms with Gasteiger partial charge in [-0.2, -0.15) is 10.2 Å². The van der Waals surface area contributed by atoms with Crippen molar-refractivity contribution in [1.82, 2.24) is 30.2 Å². The van der Waals surface area contributed by atoms with Crippen molar-refractivity contribution in [1.29, 1.82) is 0 Å². The molecule has 2 aromatic rings. The fourth-order valence-corrected chi connectivity index (χ4v) is 2.88. The number of carbonyl (C=O) groups is 1. The number of carbonyl (C=O) groups excluding carboxylic acids is 1. The number of hydrogen-bond acceptors (Lipinski definition) is 4. The Balaban J connectivity index is 1.48. The molecule has 0 aromatic carbocycles. The average Bonchev–Trinajstić information content (AvgIpc) is 3.14. The van der Waals surface area contributed by atoms with Gasteiger partial charge in [0.2, 0.25) is 0 Å². The van der Waals surface area contributed by atoms with Crippen molar-refractivity contribution in [3.8, 4) is 0 Å². The number of anilines is 1. The Morgan fingerprint density at radius 1 is 1.26 bits per heavy atom. The fraction of sp³-hybridized carbons (Fsp3) is 0.533. The second-order valence-electron chi connectivity index (χ2n) is 6.01. The number of piperidine rings is 1. The number of aryl methyl sites for hydroxylation is 2. The molecule has 1 aliphatic rings. The molecule has 0 spiro atoms. The maximum Gasteiger partial charge on any atom is 0.315 e. The highest BCUT2D eigenvalue weighted by Crippen LogP contribution is 2.18. The van der Waals surface area contributed by atoms with E-state index in [0.29, 0.717) is 6.54 Å². The van der Waals surface area contributed by atoms with Gasteiger partial charge in [-0.05, 0) is 12.8 Å². The zero-order valence-corrected chi connectivity index (χ0v) is 13.6. The normalized spacial score (nSPS) is 18.0. The van der Waals surface area contributed by atoms with Crippen LogP contribution in [0.4, 0.5) is 10.5 Å². The number of hydrogen-bond donors (Lipinski definition) is 2. The van der Waals surface area contributed by atoms with Gasteiger partial charge >= 0.3 is 6.03 Å². The molecule has 124 valence electrons. The van der Waals surface area contributed by atoms with E-state index < -0.39 is 0 Å². The summed E-state index contributed by atoms with van der Waals surface area (Å²) in [6.07, 6.45) is 9.57. The van der Waals surface area contributed by atoms with Gasteiger partial charge in [0.05, 0.1) is 18.1 Å². The van der Waals surface area contributed by atoms with Crippen LogP contribution in [0.15, 0.2) is 24.8 Å². The monoisotopic (exact) mass is 317 g/mol. The van der Waals surface area contributed by atoms with E-state index in [-0.39, 0.29) is 12.1 Å². The summed E-state index contributed by atoms with van der Waals surface area (Å²) in [6, 6.07) is 0.0183. The highest BCUT2D eigenvalue weighted by Gasteiger charge is 2.22. The van der Waals surface area contributed by atoms with Crippen LogP contribution in [0, 0.1) is 0 Å². The fourth-order valence-electron chi connectivity index (χ4n) is 2.88. The van der Waals surface area contributed by atoms with Gasteiger partial charge in [-0.3, -0.25) is 9.36 Å². The quantitative estimate of drug-likeness (QED) is 0.866. The molecule has 1 saturated heterocycles. The minimum absolute atomic E-state index is 0.133. The first-order chi connectivity index (χ1) is 11.1. The first kappa shape index (κ1) is 15.4. The van der Waals surface area contributed by atoms with Crippen molar-refractivity contribution in [3.05, 3.63) is 30.4 Å². The first-order valence-corrected chi connectivity index (χ1v) is 7.85. The molecule has 0 saturated carbocycles. The van der Waals surface area contributed by atoms with Gasteiger partial charge in [0, 0.05) is 57.7 Å². The van der Waals surface area contributed by atoms with E-state index in [4.69, 9.17) is 0 Å². The zero-order valence-electron chi connectivity index (χ0n) is 13.6. The van der Waals surface area contributed by atoms with E-state index in [2.05, 4.69) is 25.7 Å². The number of nitrogens with zero attached hydrogens (tertiary/aromatic N) is 5. The smallest absolute Gasteiger partial charge is 0.315 e. The standard InChI is InChI=1S/C15H23N7O/c1-20-9-12(7-17-20)6-16-15(23)19-13-4-3-5-22(10-13)14-8-18-21(2)11-14/h7-9,11,13H,3-6,10H2,1-2H3,(H2,16,19,23)/t13-/m1/s1. The van der Waals surface area contributed by atoms with Gasteiger partial charge in [0.15, 0.2) is 0 Å². The summed E-state index contributed by atoms with van der Waals surface area (Å²) in [4.78, 5) is 14.3. The summed E-state index contributed by atoms with van der Waals surface area (Å²) in [5.74, 6) is 0. The topological polar surface area (TPSA) is 80.0 Å². The van der Waals surface area contributed by atoms with Gasteiger partial charge in [-0.15, -0.1) is 0 Å².